The third-order valence-corrected chi connectivity index (χ3v) is 7.33. The first-order valence-corrected chi connectivity index (χ1v) is 12.5. The van der Waals surface area contributed by atoms with E-state index in [0.29, 0.717) is 5.56 Å². The Hall–Kier alpha value is -2.52. The Morgan fingerprint density at radius 1 is 0.613 bits per heavy atom. The van der Waals surface area contributed by atoms with Crippen molar-refractivity contribution in [2.75, 3.05) is 13.2 Å². The zero-order chi connectivity index (χ0) is 22.5. The van der Waals surface area contributed by atoms with Crippen molar-refractivity contribution < 1.29 is 25.2 Å². The minimum Gasteiger partial charge on any atom is -0.266 e. The third kappa shape index (κ3) is 6.24. The third-order valence-electron chi connectivity index (χ3n) is 4.74. The van der Waals surface area contributed by atoms with Gasteiger partial charge >= 0.3 is 0 Å². The van der Waals surface area contributed by atoms with Crippen LogP contribution in [0.25, 0.3) is 0 Å². The van der Waals surface area contributed by atoms with Crippen molar-refractivity contribution in [3.05, 3.63) is 95.6 Å². The second kappa shape index (κ2) is 9.74. The molecule has 164 valence electrons. The first kappa shape index (κ1) is 23.1. The van der Waals surface area contributed by atoms with Crippen LogP contribution in [-0.2, 0) is 28.6 Å². The van der Waals surface area contributed by atoms with Crippen molar-refractivity contribution in [1.29, 1.82) is 0 Å². The number of benzene rings is 3. The topological polar surface area (TPSA) is 86.7 Å². The van der Waals surface area contributed by atoms with Crippen LogP contribution in [0, 0.1) is 13.8 Å². The largest absolute Gasteiger partial charge is 0.296 e. The van der Waals surface area contributed by atoms with Gasteiger partial charge in [0, 0.05) is 5.92 Å². The molecule has 3 aromatic rings. The molecule has 3 aromatic carbocycles. The zero-order valence-electron chi connectivity index (χ0n) is 17.3. The van der Waals surface area contributed by atoms with Gasteiger partial charge in [-0.1, -0.05) is 65.7 Å². The first-order chi connectivity index (χ1) is 14.7. The summed E-state index contributed by atoms with van der Waals surface area (Å²) in [5, 5.41) is 0. The van der Waals surface area contributed by atoms with Gasteiger partial charge in [-0.25, -0.2) is 0 Å². The lowest BCUT2D eigenvalue weighted by atomic mass is 10.0. The Morgan fingerprint density at radius 2 is 1.00 bits per heavy atom. The van der Waals surface area contributed by atoms with E-state index in [1.165, 1.54) is 24.3 Å². The van der Waals surface area contributed by atoms with Gasteiger partial charge in [0.05, 0.1) is 23.0 Å². The van der Waals surface area contributed by atoms with E-state index in [-0.39, 0.29) is 23.0 Å². The zero-order valence-corrected chi connectivity index (χ0v) is 18.9. The average molecular weight is 461 g/mol. The second-order valence-electron chi connectivity index (χ2n) is 7.21. The van der Waals surface area contributed by atoms with Crippen LogP contribution in [-0.4, -0.2) is 30.0 Å². The Labute approximate surface area is 183 Å². The molecule has 0 aliphatic carbocycles. The van der Waals surface area contributed by atoms with E-state index in [1.54, 1.807) is 48.5 Å². The lowest BCUT2D eigenvalue weighted by Crippen LogP contribution is -2.20. The van der Waals surface area contributed by atoms with E-state index in [0.717, 1.165) is 11.1 Å². The van der Waals surface area contributed by atoms with E-state index in [9.17, 15) is 16.8 Å². The number of hydrogen-bond acceptors (Lipinski definition) is 6. The van der Waals surface area contributed by atoms with Gasteiger partial charge in [-0.2, -0.15) is 16.8 Å². The van der Waals surface area contributed by atoms with Gasteiger partial charge in [-0.05, 0) is 43.7 Å². The summed E-state index contributed by atoms with van der Waals surface area (Å²) in [5.41, 5.74) is 2.56. The molecule has 6 nitrogen and oxygen atoms in total. The van der Waals surface area contributed by atoms with Crippen molar-refractivity contribution in [1.82, 2.24) is 0 Å². The lowest BCUT2D eigenvalue weighted by Gasteiger charge is -2.18. The molecule has 0 saturated carbocycles. The molecule has 0 aliphatic rings. The molecule has 0 aromatic heterocycles. The van der Waals surface area contributed by atoms with Gasteiger partial charge in [-0.15, -0.1) is 0 Å². The highest BCUT2D eigenvalue weighted by Gasteiger charge is 2.23. The molecule has 0 aliphatic heterocycles. The van der Waals surface area contributed by atoms with Crippen molar-refractivity contribution >= 4 is 20.2 Å². The van der Waals surface area contributed by atoms with Crippen LogP contribution in [0.5, 0.6) is 0 Å². The van der Waals surface area contributed by atoms with Crippen LogP contribution < -0.4 is 0 Å². The molecule has 0 radical (unpaired) electrons. The van der Waals surface area contributed by atoms with E-state index < -0.39 is 26.2 Å². The second-order valence-corrected chi connectivity index (χ2v) is 10.4. The van der Waals surface area contributed by atoms with Crippen LogP contribution in [0.1, 0.15) is 22.6 Å². The van der Waals surface area contributed by atoms with Gasteiger partial charge in [0.2, 0.25) is 0 Å². The van der Waals surface area contributed by atoms with Gasteiger partial charge in [0.1, 0.15) is 0 Å². The molecule has 0 heterocycles. The van der Waals surface area contributed by atoms with E-state index in [1.807, 2.05) is 19.9 Å². The van der Waals surface area contributed by atoms with Crippen LogP contribution in [0.2, 0.25) is 0 Å². The SMILES string of the molecule is Cc1ccc(S(=O)(=O)OCC(COS(=O)(=O)c2ccc(C)cc2)c2ccccc2)cc1. The molecule has 0 bridgehead atoms. The Balaban J connectivity index is 1.76. The summed E-state index contributed by atoms with van der Waals surface area (Å²) in [4.78, 5) is 0.0798. The molecule has 0 unspecified atom stereocenters. The quantitative estimate of drug-likeness (QED) is 0.445. The summed E-state index contributed by atoms with van der Waals surface area (Å²) in [6.45, 7) is 3.19. The highest BCUT2D eigenvalue weighted by atomic mass is 32.2. The fourth-order valence-corrected chi connectivity index (χ4v) is 4.75. The maximum atomic E-state index is 12.6. The Bertz CT molecular complexity index is 1120. The summed E-state index contributed by atoms with van der Waals surface area (Å²) < 4.78 is 60.7. The average Bonchev–Trinajstić information content (AvgIpc) is 2.75. The lowest BCUT2D eigenvalue weighted by molar-refractivity contribution is 0.226. The predicted octanol–water partition coefficient (Wildman–Crippen LogP) is 4.20. The van der Waals surface area contributed by atoms with E-state index in [4.69, 9.17) is 8.37 Å². The minimum absolute atomic E-state index is 0.0399. The van der Waals surface area contributed by atoms with Crippen molar-refractivity contribution in [3.8, 4) is 0 Å². The molecule has 8 heteroatoms. The van der Waals surface area contributed by atoms with Crippen LogP contribution in [0.15, 0.2) is 88.7 Å². The highest BCUT2D eigenvalue weighted by molar-refractivity contribution is 7.87. The highest BCUT2D eigenvalue weighted by Crippen LogP contribution is 2.23. The monoisotopic (exact) mass is 460 g/mol. The molecule has 0 N–H and O–H groups in total. The summed E-state index contributed by atoms with van der Waals surface area (Å²) in [6.07, 6.45) is 0. The molecular weight excluding hydrogens is 436 g/mol. The Morgan fingerprint density at radius 3 is 1.39 bits per heavy atom. The van der Waals surface area contributed by atoms with Crippen LogP contribution in [0.4, 0.5) is 0 Å². The minimum atomic E-state index is -4.00. The maximum absolute atomic E-state index is 12.6. The molecule has 0 spiro atoms. The first-order valence-electron chi connectivity index (χ1n) is 9.64. The number of aryl methyl sites for hydroxylation is 2. The van der Waals surface area contributed by atoms with Gasteiger partial charge in [0.15, 0.2) is 0 Å². The molecule has 0 atom stereocenters. The molecule has 0 amide bonds. The van der Waals surface area contributed by atoms with Crippen molar-refractivity contribution in [2.45, 2.75) is 29.6 Å². The van der Waals surface area contributed by atoms with Crippen LogP contribution >= 0.6 is 0 Å². The van der Waals surface area contributed by atoms with Gasteiger partial charge < -0.3 is 0 Å². The summed E-state index contributed by atoms with van der Waals surface area (Å²) in [7, 11) is -7.99. The van der Waals surface area contributed by atoms with Gasteiger partial charge in [-0.3, -0.25) is 8.37 Å². The predicted molar refractivity (Wildman–Crippen MR) is 118 cm³/mol. The smallest absolute Gasteiger partial charge is 0.266 e. The molecule has 3 rings (SSSR count). The Kier molecular flexibility index (Phi) is 7.27. The van der Waals surface area contributed by atoms with E-state index in [2.05, 4.69) is 0 Å². The summed E-state index contributed by atoms with van der Waals surface area (Å²) in [5.74, 6) is -0.610. The fourth-order valence-electron chi connectivity index (χ4n) is 2.86. The summed E-state index contributed by atoms with van der Waals surface area (Å²) >= 11 is 0. The molecular formula is C23H24O6S2. The van der Waals surface area contributed by atoms with Crippen LogP contribution in [0.3, 0.4) is 0 Å². The standard InChI is InChI=1S/C23H24O6S2/c1-18-8-12-22(13-9-18)30(24,25)28-16-21(20-6-4-3-5-7-20)17-29-31(26,27)23-14-10-19(2)11-15-23/h3-15,21H,16-17H2,1-2H3. The fraction of sp³-hybridized carbons (Fsp3) is 0.217. The number of hydrogen-bond donors (Lipinski definition) is 0. The maximum Gasteiger partial charge on any atom is 0.296 e. The number of rotatable bonds is 9. The molecule has 0 fully saturated rings. The van der Waals surface area contributed by atoms with Gasteiger partial charge in [0.25, 0.3) is 20.2 Å². The normalized spacial score (nSPS) is 12.2. The summed E-state index contributed by atoms with van der Waals surface area (Å²) in [6, 6.07) is 21.5. The van der Waals surface area contributed by atoms with Crippen molar-refractivity contribution in [3.63, 3.8) is 0 Å². The van der Waals surface area contributed by atoms with Crippen molar-refractivity contribution in [2.24, 2.45) is 0 Å². The molecule has 31 heavy (non-hydrogen) atoms. The molecule has 0 saturated heterocycles. The van der Waals surface area contributed by atoms with E-state index >= 15 is 0 Å².